The molecule has 0 aliphatic carbocycles. The van der Waals surface area contributed by atoms with E-state index in [1.54, 1.807) is 0 Å². The van der Waals surface area contributed by atoms with Crippen molar-refractivity contribution in [3.05, 3.63) is 0 Å². The van der Waals surface area contributed by atoms with Gasteiger partial charge in [-0.3, -0.25) is 0 Å². The van der Waals surface area contributed by atoms with Crippen LogP contribution >= 0.6 is 15.9 Å². The van der Waals surface area contributed by atoms with E-state index in [1.165, 1.54) is 0 Å². The Labute approximate surface area is 83.5 Å². The average molecular weight is 265 g/mol. The maximum atomic E-state index is 12.4. The minimum Gasteiger partial charge on any atom is -0.379 e. The summed E-state index contributed by atoms with van der Waals surface area (Å²) < 4.78 is 45.6. The average Bonchev–Trinajstić information content (AvgIpc) is 2.03. The van der Waals surface area contributed by atoms with E-state index in [9.17, 15) is 13.2 Å². The van der Waals surface area contributed by atoms with Crippen molar-refractivity contribution in [1.82, 2.24) is 0 Å². The van der Waals surface area contributed by atoms with Gasteiger partial charge in [0.05, 0.1) is 13.2 Å². The van der Waals surface area contributed by atoms with Crippen LogP contribution in [0.2, 0.25) is 0 Å². The lowest BCUT2D eigenvalue weighted by atomic mass is 10.5. The Morgan fingerprint density at radius 3 is 2.38 bits per heavy atom. The molecule has 0 amide bonds. The van der Waals surface area contributed by atoms with Crippen molar-refractivity contribution < 1.29 is 22.6 Å². The predicted molar refractivity (Wildman–Crippen MR) is 45.8 cm³/mol. The van der Waals surface area contributed by atoms with Gasteiger partial charge in [0.15, 0.2) is 0 Å². The van der Waals surface area contributed by atoms with Crippen LogP contribution in [0, 0.1) is 0 Å². The lowest BCUT2D eigenvalue weighted by molar-refractivity contribution is -0.257. The zero-order valence-electron chi connectivity index (χ0n) is 7.23. The first-order valence-electron chi connectivity index (χ1n) is 3.88. The topological polar surface area (TPSA) is 18.5 Å². The van der Waals surface area contributed by atoms with Gasteiger partial charge in [-0.05, 0) is 22.4 Å². The molecule has 1 unspecified atom stereocenters. The van der Waals surface area contributed by atoms with Gasteiger partial charge in [0.25, 0.3) is 0 Å². The van der Waals surface area contributed by atoms with Crippen LogP contribution in [0.4, 0.5) is 13.2 Å². The van der Waals surface area contributed by atoms with E-state index in [-0.39, 0.29) is 13.2 Å². The summed E-state index contributed by atoms with van der Waals surface area (Å²) in [6.45, 7) is 2.11. The molecule has 0 spiro atoms. The fourth-order valence-corrected chi connectivity index (χ4v) is 0.678. The summed E-state index contributed by atoms with van der Waals surface area (Å²) in [6.07, 6.45) is -2.98. The molecule has 6 heteroatoms. The van der Waals surface area contributed by atoms with Crippen LogP contribution < -0.4 is 0 Å². The molecule has 0 N–H and O–H groups in total. The number of halogens is 4. The molecule has 0 aromatic carbocycles. The van der Waals surface area contributed by atoms with Crippen LogP contribution in [-0.2, 0) is 9.47 Å². The second kappa shape index (κ2) is 6.62. The summed E-state index contributed by atoms with van der Waals surface area (Å²) in [7, 11) is 0. The first kappa shape index (κ1) is 13.2. The van der Waals surface area contributed by atoms with Crippen LogP contribution in [0.5, 0.6) is 0 Å². The fourth-order valence-electron chi connectivity index (χ4n) is 0.546. The SMILES string of the molecule is CCCOCCOC(F)(F)C(F)Br. The van der Waals surface area contributed by atoms with E-state index in [4.69, 9.17) is 4.74 Å². The Kier molecular flexibility index (Phi) is 6.71. The molecule has 0 bridgehead atoms. The maximum absolute atomic E-state index is 12.4. The molecule has 0 aliphatic heterocycles. The number of alkyl halides is 4. The van der Waals surface area contributed by atoms with E-state index in [0.29, 0.717) is 6.61 Å². The van der Waals surface area contributed by atoms with Crippen LogP contribution in [0.25, 0.3) is 0 Å². The Balaban J connectivity index is 3.41. The molecule has 0 radical (unpaired) electrons. The molecule has 1 atom stereocenters. The molecular formula is C7H12BrF3O2. The molecule has 0 saturated carbocycles. The number of hydrogen-bond acceptors (Lipinski definition) is 2. The highest BCUT2D eigenvalue weighted by Crippen LogP contribution is 2.26. The lowest BCUT2D eigenvalue weighted by Gasteiger charge is -2.16. The normalized spacial score (nSPS) is 14.5. The van der Waals surface area contributed by atoms with Crippen molar-refractivity contribution in [3.8, 4) is 0 Å². The van der Waals surface area contributed by atoms with E-state index >= 15 is 0 Å². The molecule has 0 aliphatic rings. The van der Waals surface area contributed by atoms with Gasteiger partial charge in [-0.2, -0.15) is 8.78 Å². The van der Waals surface area contributed by atoms with Gasteiger partial charge >= 0.3 is 6.11 Å². The zero-order valence-corrected chi connectivity index (χ0v) is 8.82. The third-order valence-electron chi connectivity index (χ3n) is 1.12. The summed E-state index contributed by atoms with van der Waals surface area (Å²) in [6, 6.07) is 0. The van der Waals surface area contributed by atoms with E-state index in [1.807, 2.05) is 6.92 Å². The Bertz CT molecular complexity index is 133. The number of rotatable bonds is 7. The van der Waals surface area contributed by atoms with E-state index in [2.05, 4.69) is 20.7 Å². The van der Waals surface area contributed by atoms with Crippen LogP contribution in [0.15, 0.2) is 0 Å². The van der Waals surface area contributed by atoms with Gasteiger partial charge in [-0.1, -0.05) is 6.92 Å². The van der Waals surface area contributed by atoms with Crippen molar-refractivity contribution in [2.45, 2.75) is 24.5 Å². The summed E-state index contributed by atoms with van der Waals surface area (Å²) in [5, 5.41) is -2.48. The lowest BCUT2D eigenvalue weighted by Crippen LogP contribution is -2.30. The van der Waals surface area contributed by atoms with Crippen LogP contribution in [0.3, 0.4) is 0 Å². The number of hydrogen-bond donors (Lipinski definition) is 0. The second-order valence-electron chi connectivity index (χ2n) is 2.32. The molecule has 0 fully saturated rings. The van der Waals surface area contributed by atoms with Crippen molar-refractivity contribution in [2.24, 2.45) is 0 Å². The predicted octanol–water partition coefficient (Wildman–Crippen LogP) is 2.71. The molecule has 0 aromatic heterocycles. The van der Waals surface area contributed by atoms with Crippen LogP contribution in [-0.4, -0.2) is 31.0 Å². The Morgan fingerprint density at radius 1 is 1.31 bits per heavy atom. The van der Waals surface area contributed by atoms with Crippen molar-refractivity contribution in [2.75, 3.05) is 19.8 Å². The zero-order chi connectivity index (χ0) is 10.3. The van der Waals surface area contributed by atoms with Gasteiger partial charge in [0.1, 0.15) is 0 Å². The van der Waals surface area contributed by atoms with Gasteiger partial charge in [-0.15, -0.1) is 0 Å². The summed E-state index contributed by atoms with van der Waals surface area (Å²) in [5.41, 5.74) is 0. The highest BCUT2D eigenvalue weighted by Gasteiger charge is 2.39. The van der Waals surface area contributed by atoms with Gasteiger partial charge < -0.3 is 9.47 Å². The van der Waals surface area contributed by atoms with Gasteiger partial charge in [0.2, 0.25) is 5.08 Å². The standard InChI is InChI=1S/C7H12BrF3O2/c1-2-3-12-4-5-13-7(10,11)6(8)9/h6H,2-5H2,1H3. The molecule has 13 heavy (non-hydrogen) atoms. The van der Waals surface area contributed by atoms with Crippen molar-refractivity contribution in [1.29, 1.82) is 0 Å². The van der Waals surface area contributed by atoms with Crippen molar-refractivity contribution in [3.63, 3.8) is 0 Å². The van der Waals surface area contributed by atoms with Gasteiger partial charge in [0, 0.05) is 6.61 Å². The van der Waals surface area contributed by atoms with Gasteiger partial charge in [-0.25, -0.2) is 4.39 Å². The Hall–Kier alpha value is 0.190. The largest absolute Gasteiger partial charge is 0.397 e. The third kappa shape index (κ3) is 6.29. The van der Waals surface area contributed by atoms with Crippen LogP contribution in [0.1, 0.15) is 13.3 Å². The summed E-state index contributed by atoms with van der Waals surface area (Å²) in [5.74, 6) is 0. The highest BCUT2D eigenvalue weighted by molar-refractivity contribution is 9.09. The Morgan fingerprint density at radius 2 is 1.92 bits per heavy atom. The minimum atomic E-state index is -3.78. The quantitative estimate of drug-likeness (QED) is 0.520. The van der Waals surface area contributed by atoms with Crippen molar-refractivity contribution >= 4 is 15.9 Å². The molecule has 80 valence electrons. The molecule has 0 heterocycles. The summed E-state index contributed by atoms with van der Waals surface area (Å²) in [4.78, 5) is 0. The summed E-state index contributed by atoms with van der Waals surface area (Å²) >= 11 is 2.10. The smallest absolute Gasteiger partial charge is 0.379 e. The molecular weight excluding hydrogens is 253 g/mol. The molecule has 0 saturated heterocycles. The van der Waals surface area contributed by atoms with E-state index in [0.717, 1.165) is 6.42 Å². The van der Waals surface area contributed by atoms with E-state index < -0.39 is 11.2 Å². The first-order chi connectivity index (χ1) is 6.00. The monoisotopic (exact) mass is 264 g/mol. The third-order valence-corrected chi connectivity index (χ3v) is 1.66. The fraction of sp³-hybridized carbons (Fsp3) is 1.00. The first-order valence-corrected chi connectivity index (χ1v) is 4.80. The maximum Gasteiger partial charge on any atom is 0.397 e. The minimum absolute atomic E-state index is 0.0448. The highest BCUT2D eigenvalue weighted by atomic mass is 79.9. The second-order valence-corrected chi connectivity index (χ2v) is 3.13. The number of ether oxygens (including phenoxy) is 2. The molecule has 0 rings (SSSR count). The molecule has 2 nitrogen and oxygen atoms in total. The molecule has 0 aromatic rings.